The molecule has 0 atom stereocenters. The number of aromatic amines is 1. The highest BCUT2D eigenvalue weighted by Crippen LogP contribution is 2.30. The van der Waals surface area contributed by atoms with E-state index in [0.717, 1.165) is 5.56 Å². The number of hydrogen-bond acceptors (Lipinski definition) is 5. The number of benzene rings is 2. The molecule has 0 amide bonds. The van der Waals surface area contributed by atoms with E-state index in [1.165, 1.54) is 14.2 Å². The quantitative estimate of drug-likeness (QED) is 0.803. The summed E-state index contributed by atoms with van der Waals surface area (Å²) in [5, 5.41) is 9.26. The number of ether oxygens (including phenoxy) is 2. The van der Waals surface area contributed by atoms with Crippen molar-refractivity contribution in [1.29, 1.82) is 5.26 Å². The first-order valence-corrected chi connectivity index (χ1v) is 6.83. The molecular formula is C17H13N3O3. The summed E-state index contributed by atoms with van der Waals surface area (Å²) in [6.07, 6.45) is 0. The van der Waals surface area contributed by atoms with Crippen LogP contribution in [-0.2, 0) is 0 Å². The molecule has 3 aromatic rings. The van der Waals surface area contributed by atoms with Gasteiger partial charge in [-0.15, -0.1) is 0 Å². The summed E-state index contributed by atoms with van der Waals surface area (Å²) in [7, 11) is 3.04. The van der Waals surface area contributed by atoms with E-state index in [9.17, 15) is 4.79 Å². The summed E-state index contributed by atoms with van der Waals surface area (Å²) in [6.45, 7) is 0. The zero-order valence-corrected chi connectivity index (χ0v) is 12.6. The molecule has 0 aliphatic carbocycles. The lowest BCUT2D eigenvalue weighted by Gasteiger charge is -2.09. The summed E-state index contributed by atoms with van der Waals surface area (Å²) in [4.78, 5) is 19.5. The minimum absolute atomic E-state index is 0.268. The SMILES string of the molecule is COc1cc2nc(-c3ccc(C#N)cc3)[nH]c(=O)c2cc1OC. The molecule has 0 radical (unpaired) electrons. The number of fused-ring (bicyclic) bond motifs is 1. The second-order valence-electron chi connectivity index (χ2n) is 4.83. The van der Waals surface area contributed by atoms with Crippen LogP contribution in [0.4, 0.5) is 0 Å². The zero-order chi connectivity index (χ0) is 16.4. The average molecular weight is 307 g/mol. The normalized spacial score (nSPS) is 10.3. The lowest BCUT2D eigenvalue weighted by Crippen LogP contribution is -2.10. The van der Waals surface area contributed by atoms with E-state index >= 15 is 0 Å². The van der Waals surface area contributed by atoms with Gasteiger partial charge in [0, 0.05) is 11.6 Å². The van der Waals surface area contributed by atoms with Crippen molar-refractivity contribution >= 4 is 10.9 Å². The summed E-state index contributed by atoms with van der Waals surface area (Å²) < 4.78 is 10.5. The third-order valence-electron chi connectivity index (χ3n) is 3.50. The number of methoxy groups -OCH3 is 2. The van der Waals surface area contributed by atoms with Crippen molar-refractivity contribution in [3.63, 3.8) is 0 Å². The van der Waals surface area contributed by atoms with Gasteiger partial charge in [0.2, 0.25) is 0 Å². The minimum Gasteiger partial charge on any atom is -0.493 e. The molecule has 0 fully saturated rings. The molecule has 1 aromatic heterocycles. The highest BCUT2D eigenvalue weighted by molar-refractivity contribution is 5.83. The van der Waals surface area contributed by atoms with Crippen LogP contribution in [0.5, 0.6) is 11.5 Å². The molecule has 1 N–H and O–H groups in total. The Kier molecular flexibility index (Phi) is 3.69. The van der Waals surface area contributed by atoms with E-state index in [0.29, 0.717) is 33.8 Å². The van der Waals surface area contributed by atoms with Gasteiger partial charge in [-0.05, 0) is 30.3 Å². The van der Waals surface area contributed by atoms with Crippen LogP contribution in [0.25, 0.3) is 22.3 Å². The van der Waals surface area contributed by atoms with Crippen molar-refractivity contribution in [2.75, 3.05) is 14.2 Å². The Balaban J connectivity index is 2.20. The van der Waals surface area contributed by atoms with E-state index in [1.54, 1.807) is 36.4 Å². The number of H-pyrrole nitrogens is 1. The third kappa shape index (κ3) is 2.60. The zero-order valence-electron chi connectivity index (χ0n) is 12.6. The predicted octanol–water partition coefficient (Wildman–Crippen LogP) is 2.48. The summed E-state index contributed by atoms with van der Waals surface area (Å²) in [6, 6.07) is 12.1. The molecule has 0 aliphatic rings. The van der Waals surface area contributed by atoms with Crippen molar-refractivity contribution in [2.24, 2.45) is 0 Å². The van der Waals surface area contributed by atoms with Gasteiger partial charge in [-0.25, -0.2) is 4.98 Å². The monoisotopic (exact) mass is 307 g/mol. The fourth-order valence-corrected chi connectivity index (χ4v) is 2.31. The molecule has 6 heteroatoms. The van der Waals surface area contributed by atoms with E-state index in [2.05, 4.69) is 16.0 Å². The molecule has 0 saturated carbocycles. The molecule has 3 rings (SSSR count). The van der Waals surface area contributed by atoms with Crippen LogP contribution in [0, 0.1) is 11.3 Å². The Morgan fingerprint density at radius 2 is 1.74 bits per heavy atom. The van der Waals surface area contributed by atoms with Crippen LogP contribution in [-0.4, -0.2) is 24.2 Å². The van der Waals surface area contributed by atoms with Gasteiger partial charge in [0.15, 0.2) is 11.5 Å². The van der Waals surface area contributed by atoms with Gasteiger partial charge >= 0.3 is 0 Å². The Bertz CT molecular complexity index is 969. The topological polar surface area (TPSA) is 88.0 Å². The lowest BCUT2D eigenvalue weighted by molar-refractivity contribution is 0.355. The van der Waals surface area contributed by atoms with Crippen molar-refractivity contribution in [2.45, 2.75) is 0 Å². The van der Waals surface area contributed by atoms with Gasteiger partial charge in [0.25, 0.3) is 5.56 Å². The summed E-state index contributed by atoms with van der Waals surface area (Å²) >= 11 is 0. The second kappa shape index (κ2) is 5.81. The van der Waals surface area contributed by atoms with E-state index in [-0.39, 0.29) is 5.56 Å². The first kappa shape index (κ1) is 14.6. The second-order valence-corrected chi connectivity index (χ2v) is 4.83. The molecule has 0 aliphatic heterocycles. The van der Waals surface area contributed by atoms with Gasteiger partial charge < -0.3 is 14.5 Å². The van der Waals surface area contributed by atoms with Crippen molar-refractivity contribution in [1.82, 2.24) is 9.97 Å². The Morgan fingerprint density at radius 1 is 1.09 bits per heavy atom. The number of rotatable bonds is 3. The van der Waals surface area contributed by atoms with Gasteiger partial charge in [-0.3, -0.25) is 4.79 Å². The van der Waals surface area contributed by atoms with E-state index in [1.807, 2.05) is 0 Å². The van der Waals surface area contributed by atoms with Crippen molar-refractivity contribution < 1.29 is 9.47 Å². The summed E-state index contributed by atoms with van der Waals surface area (Å²) in [5.74, 6) is 1.40. The van der Waals surface area contributed by atoms with Crippen molar-refractivity contribution in [3.05, 3.63) is 52.3 Å². The Hall–Kier alpha value is -3.33. The number of nitriles is 1. The number of nitrogens with zero attached hydrogens (tertiary/aromatic N) is 2. The minimum atomic E-state index is -0.268. The van der Waals surface area contributed by atoms with Crippen LogP contribution in [0.3, 0.4) is 0 Å². The fourth-order valence-electron chi connectivity index (χ4n) is 2.31. The van der Waals surface area contributed by atoms with Crippen LogP contribution in [0.2, 0.25) is 0 Å². The third-order valence-corrected chi connectivity index (χ3v) is 3.50. The average Bonchev–Trinajstić information content (AvgIpc) is 2.60. The molecule has 2 aromatic carbocycles. The fraction of sp³-hybridized carbons (Fsp3) is 0.118. The number of nitrogens with one attached hydrogen (secondary N) is 1. The number of hydrogen-bond donors (Lipinski definition) is 1. The Labute approximate surface area is 131 Å². The van der Waals surface area contributed by atoms with Crippen LogP contribution >= 0.6 is 0 Å². The molecule has 23 heavy (non-hydrogen) atoms. The molecule has 0 unspecified atom stereocenters. The Morgan fingerprint density at radius 3 is 2.35 bits per heavy atom. The smallest absolute Gasteiger partial charge is 0.259 e. The maximum Gasteiger partial charge on any atom is 0.259 e. The molecule has 0 bridgehead atoms. The maximum absolute atomic E-state index is 12.3. The largest absolute Gasteiger partial charge is 0.493 e. The first-order chi connectivity index (χ1) is 11.2. The predicted molar refractivity (Wildman–Crippen MR) is 85.6 cm³/mol. The molecule has 114 valence electrons. The molecular weight excluding hydrogens is 294 g/mol. The van der Waals surface area contributed by atoms with Gasteiger partial charge in [-0.1, -0.05) is 0 Å². The lowest BCUT2D eigenvalue weighted by atomic mass is 10.1. The van der Waals surface area contributed by atoms with Crippen LogP contribution in [0.15, 0.2) is 41.2 Å². The van der Waals surface area contributed by atoms with Gasteiger partial charge in [0.1, 0.15) is 5.82 Å². The van der Waals surface area contributed by atoms with Crippen LogP contribution in [0.1, 0.15) is 5.56 Å². The molecule has 1 heterocycles. The van der Waals surface area contributed by atoms with E-state index in [4.69, 9.17) is 14.7 Å². The van der Waals surface area contributed by atoms with Crippen LogP contribution < -0.4 is 15.0 Å². The van der Waals surface area contributed by atoms with Gasteiger partial charge in [0.05, 0.1) is 36.8 Å². The maximum atomic E-state index is 12.3. The van der Waals surface area contributed by atoms with E-state index < -0.39 is 0 Å². The molecule has 6 nitrogen and oxygen atoms in total. The standard InChI is InChI=1S/C17H13N3O3/c1-22-14-7-12-13(8-15(14)23-2)19-16(20-17(12)21)11-5-3-10(9-18)4-6-11/h3-8H,1-2H3,(H,19,20,21). The first-order valence-electron chi connectivity index (χ1n) is 6.83. The highest BCUT2D eigenvalue weighted by Gasteiger charge is 2.11. The molecule has 0 saturated heterocycles. The highest BCUT2D eigenvalue weighted by atomic mass is 16.5. The molecule has 0 spiro atoms. The number of aromatic nitrogens is 2. The van der Waals surface area contributed by atoms with Crippen molar-refractivity contribution in [3.8, 4) is 29.0 Å². The summed E-state index contributed by atoms with van der Waals surface area (Å²) in [5.41, 5.74) is 1.50. The van der Waals surface area contributed by atoms with Gasteiger partial charge in [-0.2, -0.15) is 5.26 Å².